The Morgan fingerprint density at radius 2 is 1.37 bits per heavy atom. The Bertz CT molecular complexity index is 167. The van der Waals surface area contributed by atoms with Crippen LogP contribution in [0.4, 0.5) is 0 Å². The van der Waals surface area contributed by atoms with Gasteiger partial charge in [0.25, 0.3) is 0 Å². The molecule has 0 saturated carbocycles. The second-order valence-electron chi connectivity index (χ2n) is 5.67. The molecule has 0 rings (SSSR count). The molecule has 0 fully saturated rings. The highest BCUT2D eigenvalue weighted by molar-refractivity contribution is 8.93. The smallest absolute Gasteiger partial charge is 0.0558 e. The maximum Gasteiger partial charge on any atom is 0.0558 e. The van der Waals surface area contributed by atoms with E-state index in [2.05, 4.69) is 25.8 Å². The van der Waals surface area contributed by atoms with Gasteiger partial charge in [-0.2, -0.15) is 0 Å². The van der Waals surface area contributed by atoms with Crippen LogP contribution >= 0.6 is 17.0 Å². The van der Waals surface area contributed by atoms with Crippen LogP contribution in [0, 0.1) is 0 Å². The van der Waals surface area contributed by atoms with Crippen molar-refractivity contribution in [2.75, 3.05) is 20.2 Å². The maximum absolute atomic E-state index is 8.87. The van der Waals surface area contributed by atoms with Gasteiger partial charge in [-0.3, -0.25) is 0 Å². The summed E-state index contributed by atoms with van der Waals surface area (Å²) >= 11 is 0. The normalized spacial score (nSPS) is 12.5. The molecule has 0 saturated heterocycles. The number of hydrogen-bond acceptors (Lipinski definition) is 2. The first kappa shape index (κ1) is 21.7. The van der Waals surface area contributed by atoms with E-state index in [0.717, 1.165) is 6.54 Å². The molecule has 0 aromatic carbocycles. The van der Waals surface area contributed by atoms with Crippen molar-refractivity contribution in [3.63, 3.8) is 0 Å². The molecule has 0 aliphatic carbocycles. The quantitative estimate of drug-likeness (QED) is 0.488. The van der Waals surface area contributed by atoms with E-state index in [9.17, 15) is 0 Å². The van der Waals surface area contributed by atoms with Crippen LogP contribution in [0.15, 0.2) is 0 Å². The third-order valence-corrected chi connectivity index (χ3v) is 3.93. The van der Waals surface area contributed by atoms with Crippen LogP contribution in [0.25, 0.3) is 0 Å². The van der Waals surface area contributed by atoms with Crippen molar-refractivity contribution in [3.05, 3.63) is 0 Å². The van der Waals surface area contributed by atoms with E-state index < -0.39 is 0 Å². The van der Waals surface area contributed by atoms with Crippen molar-refractivity contribution in [1.29, 1.82) is 0 Å². The lowest BCUT2D eigenvalue weighted by Crippen LogP contribution is -2.31. The van der Waals surface area contributed by atoms with Crippen molar-refractivity contribution >= 4 is 17.0 Å². The fourth-order valence-corrected chi connectivity index (χ4v) is 2.35. The molecule has 0 aliphatic heterocycles. The summed E-state index contributed by atoms with van der Waals surface area (Å²) in [6, 6.07) is 0.613. The predicted molar refractivity (Wildman–Crippen MR) is 91.3 cm³/mol. The molecule has 0 spiro atoms. The van der Waals surface area contributed by atoms with E-state index >= 15 is 0 Å². The Kier molecular flexibility index (Phi) is 18.8. The van der Waals surface area contributed by atoms with Crippen LogP contribution in [0.1, 0.15) is 78.1 Å². The molecule has 1 unspecified atom stereocenters. The van der Waals surface area contributed by atoms with Crippen molar-refractivity contribution in [2.45, 2.75) is 84.1 Å². The zero-order valence-electron chi connectivity index (χ0n) is 13.4. The van der Waals surface area contributed by atoms with E-state index in [1.807, 2.05) is 0 Å². The molecular weight excluding hydrogens is 302 g/mol. The SMILES string of the molecule is Br.CCCCCCCCCCCC(C)N(C)CCO. The zero-order chi connectivity index (χ0) is 13.6. The Morgan fingerprint density at radius 1 is 0.895 bits per heavy atom. The molecule has 1 N–H and O–H groups in total. The van der Waals surface area contributed by atoms with E-state index in [0.29, 0.717) is 6.04 Å². The van der Waals surface area contributed by atoms with E-state index in [-0.39, 0.29) is 23.6 Å². The minimum Gasteiger partial charge on any atom is -0.395 e. The van der Waals surface area contributed by atoms with Gasteiger partial charge in [0.1, 0.15) is 0 Å². The summed E-state index contributed by atoms with van der Waals surface area (Å²) in [5.41, 5.74) is 0. The van der Waals surface area contributed by atoms with Gasteiger partial charge in [-0.15, -0.1) is 17.0 Å². The van der Waals surface area contributed by atoms with E-state index in [4.69, 9.17) is 5.11 Å². The third kappa shape index (κ3) is 14.6. The molecule has 118 valence electrons. The Morgan fingerprint density at radius 3 is 1.84 bits per heavy atom. The molecule has 0 amide bonds. The van der Waals surface area contributed by atoms with Gasteiger partial charge < -0.3 is 10.0 Å². The highest BCUT2D eigenvalue weighted by Gasteiger charge is 2.07. The topological polar surface area (TPSA) is 23.5 Å². The van der Waals surface area contributed by atoms with Crippen LogP contribution < -0.4 is 0 Å². The Hall–Kier alpha value is 0.400. The molecule has 0 heterocycles. The number of hydrogen-bond donors (Lipinski definition) is 1. The molecule has 0 aliphatic rings. The third-order valence-electron chi connectivity index (χ3n) is 3.93. The molecule has 1 atom stereocenters. The zero-order valence-corrected chi connectivity index (χ0v) is 15.1. The maximum atomic E-state index is 8.87. The highest BCUT2D eigenvalue weighted by atomic mass is 79.9. The Labute approximate surface area is 131 Å². The summed E-state index contributed by atoms with van der Waals surface area (Å²) in [6.45, 7) is 5.62. The van der Waals surface area contributed by atoms with Crippen molar-refractivity contribution in [2.24, 2.45) is 0 Å². The summed E-state index contributed by atoms with van der Waals surface area (Å²) in [5, 5.41) is 8.87. The predicted octanol–water partition coefficient (Wildman–Crippen LogP) is 4.80. The lowest BCUT2D eigenvalue weighted by atomic mass is 10.0. The molecule has 0 aromatic heterocycles. The average molecular weight is 338 g/mol. The highest BCUT2D eigenvalue weighted by Crippen LogP contribution is 2.12. The van der Waals surface area contributed by atoms with Gasteiger partial charge in [-0.05, 0) is 20.4 Å². The summed E-state index contributed by atoms with van der Waals surface area (Å²) < 4.78 is 0. The number of unbranched alkanes of at least 4 members (excludes halogenated alkanes) is 8. The first-order valence-corrected chi connectivity index (χ1v) is 8.03. The Balaban J connectivity index is 0. The van der Waals surface area contributed by atoms with Gasteiger partial charge in [-0.25, -0.2) is 0 Å². The molecule has 3 heteroatoms. The summed E-state index contributed by atoms with van der Waals surface area (Å²) in [6.07, 6.45) is 13.9. The van der Waals surface area contributed by atoms with Crippen LogP contribution in [-0.2, 0) is 0 Å². The van der Waals surface area contributed by atoms with Gasteiger partial charge in [0, 0.05) is 12.6 Å². The van der Waals surface area contributed by atoms with Crippen LogP contribution in [0.5, 0.6) is 0 Å². The van der Waals surface area contributed by atoms with Gasteiger partial charge in [0.15, 0.2) is 0 Å². The summed E-state index contributed by atoms with van der Waals surface area (Å²) in [7, 11) is 2.11. The number of aliphatic hydroxyl groups is 1. The van der Waals surface area contributed by atoms with E-state index in [1.54, 1.807) is 0 Å². The number of rotatable bonds is 13. The van der Waals surface area contributed by atoms with Crippen LogP contribution in [0.3, 0.4) is 0 Å². The summed E-state index contributed by atoms with van der Waals surface area (Å²) in [4.78, 5) is 2.25. The molecule has 19 heavy (non-hydrogen) atoms. The minimum absolute atomic E-state index is 0. The fourth-order valence-electron chi connectivity index (χ4n) is 2.35. The second-order valence-corrected chi connectivity index (χ2v) is 5.67. The molecule has 2 nitrogen and oxygen atoms in total. The monoisotopic (exact) mass is 337 g/mol. The lowest BCUT2D eigenvalue weighted by Gasteiger charge is -2.23. The van der Waals surface area contributed by atoms with E-state index in [1.165, 1.54) is 64.2 Å². The molecule has 0 radical (unpaired) electrons. The minimum atomic E-state index is 0. The van der Waals surface area contributed by atoms with Gasteiger partial charge >= 0.3 is 0 Å². The van der Waals surface area contributed by atoms with Crippen LogP contribution in [-0.4, -0.2) is 36.2 Å². The lowest BCUT2D eigenvalue weighted by molar-refractivity contribution is 0.180. The van der Waals surface area contributed by atoms with Crippen molar-refractivity contribution in [1.82, 2.24) is 4.90 Å². The summed E-state index contributed by atoms with van der Waals surface area (Å²) in [5.74, 6) is 0. The largest absolute Gasteiger partial charge is 0.395 e. The van der Waals surface area contributed by atoms with Gasteiger partial charge in [-0.1, -0.05) is 64.7 Å². The molecule has 0 aromatic rings. The van der Waals surface area contributed by atoms with Crippen molar-refractivity contribution < 1.29 is 5.11 Å². The number of halogens is 1. The average Bonchev–Trinajstić information content (AvgIpc) is 2.36. The second kappa shape index (κ2) is 16.5. The number of likely N-dealkylation sites (N-methyl/N-ethyl adjacent to an activating group) is 1. The van der Waals surface area contributed by atoms with Crippen LogP contribution in [0.2, 0.25) is 0 Å². The van der Waals surface area contributed by atoms with Gasteiger partial charge in [0.05, 0.1) is 6.61 Å². The first-order chi connectivity index (χ1) is 8.72. The van der Waals surface area contributed by atoms with Gasteiger partial charge in [0.2, 0.25) is 0 Å². The number of aliphatic hydroxyl groups excluding tert-OH is 1. The standard InChI is InChI=1S/C16H35NO.BrH/c1-4-5-6-7-8-9-10-11-12-13-16(2)17(3)14-15-18;/h16,18H,4-15H2,1-3H3;1H. The first-order valence-electron chi connectivity index (χ1n) is 8.03. The molecular formula is C16H36BrNO. The number of nitrogens with zero attached hydrogens (tertiary/aromatic N) is 1. The molecule has 0 bridgehead atoms. The van der Waals surface area contributed by atoms with Crippen molar-refractivity contribution in [3.8, 4) is 0 Å². The fraction of sp³-hybridized carbons (Fsp3) is 1.00.